The van der Waals surface area contributed by atoms with E-state index in [4.69, 9.17) is 11.5 Å². The van der Waals surface area contributed by atoms with Gasteiger partial charge in [0.05, 0.1) is 18.4 Å². The number of H-pyrrole nitrogens is 2. The highest BCUT2D eigenvalue weighted by molar-refractivity contribution is 5.97. The molecule has 0 aliphatic carbocycles. The van der Waals surface area contributed by atoms with Crippen molar-refractivity contribution in [3.8, 4) is 0 Å². The van der Waals surface area contributed by atoms with Crippen LogP contribution in [0.15, 0.2) is 116 Å². The van der Waals surface area contributed by atoms with Gasteiger partial charge in [0.15, 0.2) is 5.78 Å². The summed E-state index contributed by atoms with van der Waals surface area (Å²) >= 11 is 0. The van der Waals surface area contributed by atoms with E-state index in [1.165, 1.54) is 13.3 Å². The van der Waals surface area contributed by atoms with Crippen molar-refractivity contribution in [2.75, 3.05) is 6.54 Å². The van der Waals surface area contributed by atoms with Gasteiger partial charge >= 0.3 is 0 Å². The number of fused-ring (bicyclic) bond motifs is 2. The zero-order valence-electron chi connectivity index (χ0n) is 33.7. The van der Waals surface area contributed by atoms with Gasteiger partial charge in [0.2, 0.25) is 23.6 Å². The minimum atomic E-state index is -1.20. The van der Waals surface area contributed by atoms with E-state index in [1.807, 2.05) is 97.1 Å². The maximum absolute atomic E-state index is 14.6. The third-order valence-corrected chi connectivity index (χ3v) is 10.6. The minimum Gasteiger partial charge on any atom is -0.361 e. The first-order valence-corrected chi connectivity index (χ1v) is 20.3. The van der Waals surface area contributed by atoms with Gasteiger partial charge in [-0.15, -0.1) is 0 Å². The molecule has 5 atom stereocenters. The van der Waals surface area contributed by atoms with E-state index in [9.17, 15) is 24.0 Å². The fourth-order valence-electron chi connectivity index (χ4n) is 7.29. The monoisotopic (exact) mass is 811 g/mol. The Morgan fingerprint density at radius 3 is 1.93 bits per heavy atom. The van der Waals surface area contributed by atoms with Crippen LogP contribution in [0.25, 0.3) is 21.7 Å². The zero-order chi connectivity index (χ0) is 42.4. The molecule has 14 heteroatoms. The fourth-order valence-corrected chi connectivity index (χ4v) is 7.29. The second-order valence-corrected chi connectivity index (χ2v) is 15.2. The maximum atomic E-state index is 14.6. The number of amides is 4. The topological polar surface area (TPSA) is 230 Å². The van der Waals surface area contributed by atoms with Crippen LogP contribution >= 0.6 is 0 Å². The number of Topliss-reactive ketones (excluding diaryl/α,β-unsaturated/α-hetero) is 1. The van der Waals surface area contributed by atoms with Crippen LogP contribution < -0.4 is 32.7 Å². The number of aromatic amines is 2. The largest absolute Gasteiger partial charge is 0.361 e. The van der Waals surface area contributed by atoms with Gasteiger partial charge in [-0.2, -0.15) is 0 Å². The van der Waals surface area contributed by atoms with Gasteiger partial charge < -0.3 is 42.7 Å². The number of carbonyl (C=O) groups is 5. The normalized spacial score (nSPS) is 13.8. The number of imidazole rings is 1. The van der Waals surface area contributed by atoms with E-state index in [1.54, 1.807) is 12.4 Å². The first kappa shape index (κ1) is 43.0. The van der Waals surface area contributed by atoms with Crippen molar-refractivity contribution >= 4 is 51.1 Å². The molecule has 6 rings (SSSR count). The summed E-state index contributed by atoms with van der Waals surface area (Å²) in [6, 6.07) is 25.2. The number of aromatic nitrogens is 3. The molecular formula is C46H53N9O5. The third-order valence-electron chi connectivity index (χ3n) is 10.6. The first-order valence-electron chi connectivity index (χ1n) is 20.3. The molecule has 0 saturated heterocycles. The summed E-state index contributed by atoms with van der Waals surface area (Å²) in [6.07, 6.45) is 7.01. The van der Waals surface area contributed by atoms with Crippen molar-refractivity contribution in [2.45, 2.75) is 82.1 Å². The molecule has 60 heavy (non-hydrogen) atoms. The summed E-state index contributed by atoms with van der Waals surface area (Å²) in [6.45, 7) is 1.88. The summed E-state index contributed by atoms with van der Waals surface area (Å²) in [5, 5.41) is 14.4. The van der Waals surface area contributed by atoms with Crippen molar-refractivity contribution in [2.24, 2.45) is 11.5 Å². The molecule has 0 spiro atoms. The molecule has 6 aromatic rings. The Morgan fingerprint density at radius 2 is 1.25 bits per heavy atom. The predicted octanol–water partition coefficient (Wildman–Crippen LogP) is 3.30. The highest BCUT2D eigenvalue weighted by Crippen LogP contribution is 2.21. The van der Waals surface area contributed by atoms with Crippen LogP contribution in [-0.2, 0) is 49.7 Å². The van der Waals surface area contributed by atoms with Crippen LogP contribution in [0.1, 0.15) is 48.6 Å². The van der Waals surface area contributed by atoms with Gasteiger partial charge in [-0.1, -0.05) is 91.0 Å². The standard InChI is InChI=1S/C46H53N9O5/c1-29(56)38(16-9-10-20-47)52-44(58)40(22-30-11-3-2-4-12-30)54-46(60)42(24-34-26-50-39-17-8-7-15-36(34)39)55-45(59)41(53-43(57)37(48)25-35-27-49-28-51-35)23-31-18-19-32-13-5-6-14-33(32)21-31/h2-8,11-15,17-19,21,26-28,37-38,40-42,50H,9-10,16,20,22-25,47-48H2,1H3,(H,49,51)(H,52,58)(H,53,57)(H,54,60)(H,55,59). The molecule has 2 heterocycles. The van der Waals surface area contributed by atoms with E-state index in [-0.39, 0.29) is 31.5 Å². The highest BCUT2D eigenvalue weighted by Gasteiger charge is 2.32. The lowest BCUT2D eigenvalue weighted by atomic mass is 9.99. The summed E-state index contributed by atoms with van der Waals surface area (Å²) < 4.78 is 0. The number of carbonyl (C=O) groups excluding carboxylic acids is 5. The number of para-hydroxylation sites is 1. The van der Waals surface area contributed by atoms with Gasteiger partial charge in [-0.3, -0.25) is 24.0 Å². The third kappa shape index (κ3) is 11.7. The number of hydrogen-bond donors (Lipinski definition) is 8. The summed E-state index contributed by atoms with van der Waals surface area (Å²) in [5.74, 6) is -2.55. The fraction of sp³-hybridized carbons (Fsp3) is 0.304. The summed E-state index contributed by atoms with van der Waals surface area (Å²) in [5.41, 5.74) is 15.8. The van der Waals surface area contributed by atoms with Crippen molar-refractivity contribution in [1.82, 2.24) is 36.2 Å². The van der Waals surface area contributed by atoms with Gasteiger partial charge in [-0.05, 0) is 66.3 Å². The zero-order valence-corrected chi connectivity index (χ0v) is 33.7. The second-order valence-electron chi connectivity index (χ2n) is 15.2. The lowest BCUT2D eigenvalue weighted by Crippen LogP contribution is -2.59. The van der Waals surface area contributed by atoms with Crippen LogP contribution in [-0.4, -0.2) is 81.1 Å². The lowest BCUT2D eigenvalue weighted by Gasteiger charge is -2.27. The van der Waals surface area contributed by atoms with Crippen LogP contribution in [0.3, 0.4) is 0 Å². The van der Waals surface area contributed by atoms with Crippen LogP contribution in [0, 0.1) is 0 Å². The molecule has 0 bridgehead atoms. The maximum Gasteiger partial charge on any atom is 0.243 e. The van der Waals surface area contributed by atoms with E-state index < -0.39 is 53.8 Å². The molecule has 14 nitrogen and oxygen atoms in total. The smallest absolute Gasteiger partial charge is 0.243 e. The van der Waals surface area contributed by atoms with Crippen LogP contribution in [0.5, 0.6) is 0 Å². The Hall–Kier alpha value is -6.64. The Morgan fingerprint density at radius 1 is 0.633 bits per heavy atom. The van der Waals surface area contributed by atoms with Gasteiger partial charge in [0.25, 0.3) is 0 Å². The molecule has 4 amide bonds. The van der Waals surface area contributed by atoms with Gasteiger partial charge in [0, 0.05) is 54.7 Å². The number of hydrogen-bond acceptors (Lipinski definition) is 8. The molecule has 0 fully saturated rings. The predicted molar refractivity (Wildman–Crippen MR) is 231 cm³/mol. The number of nitrogens with one attached hydrogen (secondary N) is 6. The molecule has 0 aliphatic heterocycles. The minimum absolute atomic E-state index is 0.0480. The van der Waals surface area contributed by atoms with Gasteiger partial charge in [-0.25, -0.2) is 4.98 Å². The Labute approximate surface area is 348 Å². The average molecular weight is 812 g/mol. The van der Waals surface area contributed by atoms with Crippen molar-refractivity contribution < 1.29 is 24.0 Å². The number of nitrogens with two attached hydrogens (primary N) is 2. The first-order chi connectivity index (χ1) is 29.1. The number of unbranched alkanes of at least 4 members (excludes halogenated alkanes) is 1. The number of benzene rings is 4. The van der Waals surface area contributed by atoms with E-state index in [0.717, 1.165) is 38.4 Å². The highest BCUT2D eigenvalue weighted by atomic mass is 16.2. The van der Waals surface area contributed by atoms with E-state index >= 15 is 0 Å². The molecule has 0 saturated carbocycles. The number of ketones is 1. The molecule has 2 aromatic heterocycles. The summed E-state index contributed by atoms with van der Waals surface area (Å²) in [7, 11) is 0. The lowest BCUT2D eigenvalue weighted by molar-refractivity contribution is -0.134. The molecule has 5 unspecified atom stereocenters. The van der Waals surface area contributed by atoms with Crippen LogP contribution in [0.2, 0.25) is 0 Å². The van der Waals surface area contributed by atoms with E-state index in [0.29, 0.717) is 31.5 Å². The van der Waals surface area contributed by atoms with Crippen molar-refractivity contribution in [3.05, 3.63) is 138 Å². The average Bonchev–Trinajstić information content (AvgIpc) is 3.92. The Bertz CT molecular complexity index is 2380. The number of nitrogens with zero attached hydrogens (tertiary/aromatic N) is 1. The molecule has 312 valence electrons. The van der Waals surface area contributed by atoms with Crippen molar-refractivity contribution in [1.29, 1.82) is 0 Å². The summed E-state index contributed by atoms with van der Waals surface area (Å²) in [4.78, 5) is 79.6. The second kappa shape index (κ2) is 20.9. The molecule has 4 aromatic carbocycles. The van der Waals surface area contributed by atoms with Crippen molar-refractivity contribution in [3.63, 3.8) is 0 Å². The number of rotatable bonds is 21. The van der Waals surface area contributed by atoms with Crippen LogP contribution in [0.4, 0.5) is 0 Å². The quantitative estimate of drug-likeness (QED) is 0.0502. The SMILES string of the molecule is CC(=O)C(CCCCN)NC(=O)C(Cc1ccccc1)NC(=O)C(Cc1c[nH]c2ccccc12)NC(=O)C(Cc1ccc2ccccc2c1)NC(=O)C(N)Cc1cnc[nH]1. The Kier molecular flexibility index (Phi) is 14.9. The van der Waals surface area contributed by atoms with Gasteiger partial charge in [0.1, 0.15) is 18.1 Å². The van der Waals surface area contributed by atoms with E-state index in [2.05, 4.69) is 36.2 Å². The Balaban J connectivity index is 1.29. The molecule has 0 aliphatic rings. The molecule has 10 N–H and O–H groups in total. The molecule has 0 radical (unpaired) electrons. The molecular weight excluding hydrogens is 759 g/mol.